The SMILES string of the molecule is CCC[C](C)C(F)(F)C(F)(F)C(F)(F)C(F)(F)F. The zero-order valence-corrected chi connectivity index (χ0v) is 9.32. The first-order valence-corrected chi connectivity index (χ1v) is 4.76. The maximum Gasteiger partial charge on any atom is 0.460 e. The van der Waals surface area contributed by atoms with Gasteiger partial charge in [-0.25, -0.2) is 0 Å². The fourth-order valence-corrected chi connectivity index (χ4v) is 1.18. The van der Waals surface area contributed by atoms with E-state index >= 15 is 0 Å². The first-order valence-electron chi connectivity index (χ1n) is 4.76. The number of alkyl halides is 9. The summed E-state index contributed by atoms with van der Waals surface area (Å²) in [6.45, 7) is 1.71. The summed E-state index contributed by atoms with van der Waals surface area (Å²) in [5, 5.41) is 0. The fourth-order valence-electron chi connectivity index (χ4n) is 1.18. The molecule has 0 fully saturated rings. The van der Waals surface area contributed by atoms with Crippen molar-refractivity contribution in [3.05, 3.63) is 5.92 Å². The van der Waals surface area contributed by atoms with E-state index in [0.717, 1.165) is 0 Å². The summed E-state index contributed by atoms with van der Waals surface area (Å²) in [7, 11) is 0. The van der Waals surface area contributed by atoms with Crippen LogP contribution in [0, 0.1) is 5.92 Å². The second-order valence-corrected chi connectivity index (χ2v) is 3.75. The molecule has 0 saturated carbocycles. The van der Waals surface area contributed by atoms with Crippen LogP contribution < -0.4 is 0 Å². The predicted octanol–water partition coefficient (Wildman–Crippen LogP) is 4.85. The van der Waals surface area contributed by atoms with Crippen molar-refractivity contribution >= 4 is 0 Å². The molecule has 0 heterocycles. The van der Waals surface area contributed by atoms with Crippen molar-refractivity contribution < 1.29 is 39.5 Å². The lowest BCUT2D eigenvalue weighted by molar-refractivity contribution is -0.393. The van der Waals surface area contributed by atoms with E-state index in [1.807, 2.05) is 0 Å². The Hall–Kier alpha value is -0.630. The predicted molar refractivity (Wildman–Crippen MR) is 44.7 cm³/mol. The Kier molecular flexibility index (Phi) is 4.64. The Balaban J connectivity index is 5.49. The molecule has 0 aromatic heterocycles. The van der Waals surface area contributed by atoms with E-state index in [0.29, 0.717) is 6.92 Å². The fraction of sp³-hybridized carbons (Fsp3) is 0.889. The summed E-state index contributed by atoms with van der Waals surface area (Å²) in [5.74, 6) is -20.3. The maximum absolute atomic E-state index is 13.0. The van der Waals surface area contributed by atoms with Gasteiger partial charge < -0.3 is 0 Å². The number of hydrogen-bond donors (Lipinski definition) is 0. The number of rotatable bonds is 5. The molecule has 0 aliphatic carbocycles. The van der Waals surface area contributed by atoms with Gasteiger partial charge in [-0.15, -0.1) is 0 Å². The highest BCUT2D eigenvalue weighted by Gasteiger charge is 2.82. The lowest BCUT2D eigenvalue weighted by Crippen LogP contribution is -2.62. The van der Waals surface area contributed by atoms with Gasteiger partial charge in [0.25, 0.3) is 0 Å². The van der Waals surface area contributed by atoms with Crippen LogP contribution in [0.15, 0.2) is 0 Å². The molecule has 0 rings (SSSR count). The minimum atomic E-state index is -6.81. The second kappa shape index (κ2) is 4.80. The van der Waals surface area contributed by atoms with Crippen molar-refractivity contribution in [1.29, 1.82) is 0 Å². The van der Waals surface area contributed by atoms with Gasteiger partial charge in [0.05, 0.1) is 0 Å². The van der Waals surface area contributed by atoms with Crippen LogP contribution in [0.3, 0.4) is 0 Å². The van der Waals surface area contributed by atoms with Gasteiger partial charge in [-0.1, -0.05) is 20.3 Å². The Morgan fingerprint density at radius 2 is 1.17 bits per heavy atom. The molecule has 0 spiro atoms. The number of hydrogen-bond acceptors (Lipinski definition) is 0. The van der Waals surface area contributed by atoms with Crippen molar-refractivity contribution in [3.63, 3.8) is 0 Å². The molecule has 0 aliphatic rings. The van der Waals surface area contributed by atoms with E-state index in [2.05, 4.69) is 0 Å². The summed E-state index contributed by atoms with van der Waals surface area (Å²) in [6, 6.07) is 0. The molecule has 1 radical (unpaired) electrons. The average molecular weight is 289 g/mol. The summed E-state index contributed by atoms with van der Waals surface area (Å²) in [5.41, 5.74) is 0. The minimum Gasteiger partial charge on any atom is -0.199 e. The van der Waals surface area contributed by atoms with Gasteiger partial charge in [0, 0.05) is 5.92 Å². The minimum absolute atomic E-state index is 0.0882. The van der Waals surface area contributed by atoms with E-state index in [9.17, 15) is 39.5 Å². The summed E-state index contributed by atoms with van der Waals surface area (Å²) in [6.07, 6.45) is -7.53. The molecule has 18 heavy (non-hydrogen) atoms. The molecule has 0 atom stereocenters. The third-order valence-corrected chi connectivity index (χ3v) is 2.31. The van der Waals surface area contributed by atoms with Gasteiger partial charge in [0.2, 0.25) is 0 Å². The highest BCUT2D eigenvalue weighted by Crippen LogP contribution is 2.56. The topological polar surface area (TPSA) is 0 Å². The zero-order valence-electron chi connectivity index (χ0n) is 9.32. The molecule has 0 unspecified atom stereocenters. The molecule has 9 heteroatoms. The largest absolute Gasteiger partial charge is 0.460 e. The average Bonchev–Trinajstić information content (AvgIpc) is 2.15. The quantitative estimate of drug-likeness (QED) is 0.635. The van der Waals surface area contributed by atoms with Crippen LogP contribution in [-0.2, 0) is 0 Å². The second-order valence-electron chi connectivity index (χ2n) is 3.75. The molecule has 0 nitrogen and oxygen atoms in total. The zero-order chi connectivity index (χ0) is 15.0. The standard InChI is InChI=1S/C9H10F9/c1-3-4-5(2)6(10,11)7(12,13)8(14,15)9(16,17)18/h3-4H2,1-2H3. The van der Waals surface area contributed by atoms with Crippen molar-refractivity contribution in [2.24, 2.45) is 0 Å². The van der Waals surface area contributed by atoms with Gasteiger partial charge in [-0.3, -0.25) is 0 Å². The highest BCUT2D eigenvalue weighted by molar-refractivity contribution is 5.12. The van der Waals surface area contributed by atoms with E-state index < -0.39 is 36.3 Å². The van der Waals surface area contributed by atoms with Crippen molar-refractivity contribution in [3.8, 4) is 0 Å². The van der Waals surface area contributed by atoms with Crippen molar-refractivity contribution in [1.82, 2.24) is 0 Å². The van der Waals surface area contributed by atoms with Gasteiger partial charge in [-0.2, -0.15) is 39.5 Å². The third-order valence-electron chi connectivity index (χ3n) is 2.31. The Bertz CT molecular complexity index is 278. The molecule has 0 saturated heterocycles. The smallest absolute Gasteiger partial charge is 0.199 e. The lowest BCUT2D eigenvalue weighted by atomic mass is 9.90. The van der Waals surface area contributed by atoms with E-state index in [1.54, 1.807) is 0 Å². The van der Waals surface area contributed by atoms with Crippen LogP contribution in [0.5, 0.6) is 0 Å². The summed E-state index contributed by atoms with van der Waals surface area (Å²) in [4.78, 5) is 0. The normalized spacial score (nSPS) is 15.3. The molecule has 0 aliphatic heterocycles. The monoisotopic (exact) mass is 289 g/mol. The molecule has 109 valence electrons. The van der Waals surface area contributed by atoms with Crippen LogP contribution in [0.1, 0.15) is 26.7 Å². The van der Waals surface area contributed by atoms with E-state index in [1.165, 1.54) is 6.92 Å². The van der Waals surface area contributed by atoms with Gasteiger partial charge in [-0.05, 0) is 6.42 Å². The molecular formula is C9H10F9. The summed E-state index contributed by atoms with van der Waals surface area (Å²) >= 11 is 0. The molecule has 0 bridgehead atoms. The van der Waals surface area contributed by atoms with Crippen LogP contribution in [0.25, 0.3) is 0 Å². The van der Waals surface area contributed by atoms with E-state index in [4.69, 9.17) is 0 Å². The van der Waals surface area contributed by atoms with Crippen molar-refractivity contribution in [2.45, 2.75) is 50.6 Å². The molecule has 0 aromatic carbocycles. The van der Waals surface area contributed by atoms with Crippen LogP contribution >= 0.6 is 0 Å². The Labute approximate surface area is 97.1 Å². The van der Waals surface area contributed by atoms with Gasteiger partial charge in [0.15, 0.2) is 0 Å². The molecule has 0 amide bonds. The number of halogens is 9. The maximum atomic E-state index is 13.0. The molecular weight excluding hydrogens is 279 g/mol. The first kappa shape index (κ1) is 17.4. The van der Waals surface area contributed by atoms with Crippen LogP contribution in [0.4, 0.5) is 39.5 Å². The third kappa shape index (κ3) is 2.54. The summed E-state index contributed by atoms with van der Waals surface area (Å²) < 4.78 is 112. The van der Waals surface area contributed by atoms with E-state index in [-0.39, 0.29) is 6.42 Å². The lowest BCUT2D eigenvalue weighted by Gasteiger charge is -2.36. The molecule has 0 N–H and O–H groups in total. The van der Waals surface area contributed by atoms with Gasteiger partial charge >= 0.3 is 23.9 Å². The highest BCUT2D eigenvalue weighted by atomic mass is 19.4. The van der Waals surface area contributed by atoms with Gasteiger partial charge in [0.1, 0.15) is 0 Å². The Morgan fingerprint density at radius 3 is 1.44 bits per heavy atom. The molecule has 0 aromatic rings. The Morgan fingerprint density at radius 1 is 0.778 bits per heavy atom. The van der Waals surface area contributed by atoms with Crippen LogP contribution in [0.2, 0.25) is 0 Å². The first-order chi connectivity index (χ1) is 7.73. The van der Waals surface area contributed by atoms with Crippen molar-refractivity contribution in [2.75, 3.05) is 0 Å². The van der Waals surface area contributed by atoms with Crippen LogP contribution in [-0.4, -0.2) is 23.9 Å².